The fourth-order valence-corrected chi connectivity index (χ4v) is 1.66. The van der Waals surface area contributed by atoms with Crippen molar-refractivity contribution in [2.75, 3.05) is 7.05 Å². The minimum Gasteiger partial charge on any atom is -0.354 e. The van der Waals surface area contributed by atoms with Crippen LogP contribution in [0.2, 0.25) is 0 Å². The van der Waals surface area contributed by atoms with Crippen LogP contribution >= 0.6 is 0 Å². The van der Waals surface area contributed by atoms with Crippen molar-refractivity contribution in [3.05, 3.63) is 0 Å². The molecule has 1 rings (SSSR count). The second-order valence-electron chi connectivity index (χ2n) is 3.20. The second-order valence-corrected chi connectivity index (χ2v) is 3.20. The minimum absolute atomic E-state index is 0.0896. The fraction of sp³-hybridized carbons (Fsp3) is 0.900. The molecule has 0 bridgehead atoms. The summed E-state index contributed by atoms with van der Waals surface area (Å²) in [5.41, 5.74) is 0. The van der Waals surface area contributed by atoms with E-state index in [1.165, 1.54) is 6.42 Å². The van der Waals surface area contributed by atoms with Gasteiger partial charge in [0.1, 0.15) is 0 Å². The first-order valence-electron chi connectivity index (χ1n) is 5.16. The zero-order chi connectivity index (χ0) is 10.3. The highest BCUT2D eigenvalue weighted by Gasteiger charge is 2.23. The molecule has 0 aromatic heterocycles. The molecular weight excluding hydrogens is 164 g/mol. The molecule has 13 heavy (non-hydrogen) atoms. The van der Waals surface area contributed by atoms with Gasteiger partial charge in [0.05, 0.1) is 0 Å². The first-order valence-corrected chi connectivity index (χ1v) is 5.16. The van der Waals surface area contributed by atoms with Crippen LogP contribution in [0.5, 0.6) is 0 Å². The summed E-state index contributed by atoms with van der Waals surface area (Å²) >= 11 is 0. The maximum Gasteiger partial charge on any atom is 0.217 e. The van der Waals surface area contributed by atoms with Crippen molar-refractivity contribution >= 4 is 5.91 Å². The molecule has 3 heteroatoms. The van der Waals surface area contributed by atoms with Crippen molar-refractivity contribution in [2.45, 2.75) is 52.1 Å². The summed E-state index contributed by atoms with van der Waals surface area (Å²) in [7, 11) is 1.97. The molecule has 0 aromatic rings. The molecule has 1 aliphatic carbocycles. The van der Waals surface area contributed by atoms with E-state index in [9.17, 15) is 4.79 Å². The smallest absolute Gasteiger partial charge is 0.217 e. The minimum atomic E-state index is 0.0896. The van der Waals surface area contributed by atoms with Crippen LogP contribution in [0, 0.1) is 0 Å². The Balaban J connectivity index is 0.000000671. The van der Waals surface area contributed by atoms with Gasteiger partial charge >= 0.3 is 0 Å². The Kier molecular flexibility index (Phi) is 6.59. The SMILES string of the molecule is CC.CN[C@H]1CC[C@@H](NC(C)=O)C1. The Bertz CT molecular complexity index is 148. The highest BCUT2D eigenvalue weighted by Crippen LogP contribution is 2.18. The average Bonchev–Trinajstić information content (AvgIpc) is 2.55. The zero-order valence-electron chi connectivity index (χ0n) is 9.18. The van der Waals surface area contributed by atoms with Gasteiger partial charge in [0.2, 0.25) is 5.91 Å². The molecule has 0 radical (unpaired) electrons. The third-order valence-corrected chi connectivity index (χ3v) is 2.25. The van der Waals surface area contributed by atoms with Gasteiger partial charge in [-0.05, 0) is 26.3 Å². The molecule has 1 saturated carbocycles. The molecule has 0 saturated heterocycles. The van der Waals surface area contributed by atoms with Crippen LogP contribution in [0.15, 0.2) is 0 Å². The monoisotopic (exact) mass is 186 g/mol. The van der Waals surface area contributed by atoms with Crippen molar-refractivity contribution in [1.82, 2.24) is 10.6 Å². The number of amides is 1. The van der Waals surface area contributed by atoms with Crippen molar-refractivity contribution in [1.29, 1.82) is 0 Å². The Labute approximate surface area is 81.3 Å². The Morgan fingerprint density at radius 1 is 1.23 bits per heavy atom. The lowest BCUT2D eigenvalue weighted by molar-refractivity contribution is -0.119. The van der Waals surface area contributed by atoms with Crippen LogP contribution in [0.4, 0.5) is 0 Å². The molecule has 1 aliphatic rings. The van der Waals surface area contributed by atoms with Gasteiger partial charge in [-0.1, -0.05) is 13.8 Å². The second kappa shape index (κ2) is 6.89. The summed E-state index contributed by atoms with van der Waals surface area (Å²) in [6.45, 7) is 5.58. The number of carbonyl (C=O) groups excluding carboxylic acids is 1. The van der Waals surface area contributed by atoms with E-state index >= 15 is 0 Å². The lowest BCUT2D eigenvalue weighted by Crippen LogP contribution is -2.32. The fourth-order valence-electron chi connectivity index (χ4n) is 1.66. The standard InChI is InChI=1S/C8H16N2O.C2H6/c1-6(11)10-8-4-3-7(5-8)9-2;1-2/h7-9H,3-5H2,1-2H3,(H,10,11);1-2H3/t7-,8+;/m0./s1. The normalized spacial score (nSPS) is 26.2. The van der Waals surface area contributed by atoms with E-state index in [0.29, 0.717) is 12.1 Å². The van der Waals surface area contributed by atoms with E-state index in [1.54, 1.807) is 6.92 Å². The summed E-state index contributed by atoms with van der Waals surface area (Å²) in [4.78, 5) is 10.7. The van der Waals surface area contributed by atoms with Crippen LogP contribution in [-0.4, -0.2) is 25.0 Å². The molecule has 1 amide bonds. The molecule has 2 N–H and O–H groups in total. The number of nitrogens with one attached hydrogen (secondary N) is 2. The molecule has 0 aliphatic heterocycles. The highest BCUT2D eigenvalue weighted by molar-refractivity contribution is 5.73. The summed E-state index contributed by atoms with van der Waals surface area (Å²) in [5.74, 6) is 0.0896. The first kappa shape index (κ1) is 12.4. The lowest BCUT2D eigenvalue weighted by Gasteiger charge is -2.10. The van der Waals surface area contributed by atoms with Crippen molar-refractivity contribution in [2.24, 2.45) is 0 Å². The van der Waals surface area contributed by atoms with Crippen molar-refractivity contribution < 1.29 is 4.79 Å². The molecule has 0 unspecified atom stereocenters. The maximum absolute atomic E-state index is 10.7. The molecule has 78 valence electrons. The average molecular weight is 186 g/mol. The van der Waals surface area contributed by atoms with E-state index in [1.807, 2.05) is 20.9 Å². The number of rotatable bonds is 2. The van der Waals surface area contributed by atoms with Crippen LogP contribution < -0.4 is 10.6 Å². The third-order valence-electron chi connectivity index (χ3n) is 2.25. The van der Waals surface area contributed by atoms with Gasteiger partial charge < -0.3 is 10.6 Å². The summed E-state index contributed by atoms with van der Waals surface area (Å²) in [5, 5.41) is 6.14. The van der Waals surface area contributed by atoms with Gasteiger partial charge in [-0.3, -0.25) is 4.79 Å². The third kappa shape index (κ3) is 4.88. The predicted molar refractivity (Wildman–Crippen MR) is 55.7 cm³/mol. The van der Waals surface area contributed by atoms with Gasteiger partial charge in [0.25, 0.3) is 0 Å². The van der Waals surface area contributed by atoms with Gasteiger partial charge in [0.15, 0.2) is 0 Å². The topological polar surface area (TPSA) is 41.1 Å². The van der Waals surface area contributed by atoms with Crippen LogP contribution in [0.25, 0.3) is 0 Å². The largest absolute Gasteiger partial charge is 0.354 e. The number of hydrogen-bond acceptors (Lipinski definition) is 2. The summed E-state index contributed by atoms with van der Waals surface area (Å²) in [6, 6.07) is 1.01. The summed E-state index contributed by atoms with van der Waals surface area (Å²) in [6.07, 6.45) is 3.38. The highest BCUT2D eigenvalue weighted by atomic mass is 16.1. The van der Waals surface area contributed by atoms with Crippen LogP contribution in [0.3, 0.4) is 0 Å². The van der Waals surface area contributed by atoms with Crippen LogP contribution in [0.1, 0.15) is 40.0 Å². The first-order chi connectivity index (χ1) is 6.22. The molecule has 0 heterocycles. The number of hydrogen-bond donors (Lipinski definition) is 2. The Morgan fingerprint density at radius 2 is 1.77 bits per heavy atom. The van der Waals surface area contributed by atoms with Gasteiger partial charge in [-0.2, -0.15) is 0 Å². The van der Waals surface area contributed by atoms with Crippen molar-refractivity contribution in [3.63, 3.8) is 0 Å². The molecule has 0 aromatic carbocycles. The van der Waals surface area contributed by atoms with Gasteiger partial charge in [-0.25, -0.2) is 0 Å². The quantitative estimate of drug-likeness (QED) is 0.682. The van der Waals surface area contributed by atoms with E-state index in [4.69, 9.17) is 0 Å². The van der Waals surface area contributed by atoms with E-state index < -0.39 is 0 Å². The van der Waals surface area contributed by atoms with Crippen LogP contribution in [-0.2, 0) is 4.79 Å². The zero-order valence-corrected chi connectivity index (χ0v) is 9.18. The predicted octanol–water partition coefficient (Wildman–Crippen LogP) is 1.29. The van der Waals surface area contributed by atoms with E-state index in [2.05, 4.69) is 10.6 Å². The van der Waals surface area contributed by atoms with Gasteiger partial charge in [-0.15, -0.1) is 0 Å². The van der Waals surface area contributed by atoms with Gasteiger partial charge in [0, 0.05) is 19.0 Å². The van der Waals surface area contributed by atoms with E-state index in [-0.39, 0.29) is 5.91 Å². The van der Waals surface area contributed by atoms with E-state index in [0.717, 1.165) is 12.8 Å². The maximum atomic E-state index is 10.7. The van der Waals surface area contributed by atoms with Crippen molar-refractivity contribution in [3.8, 4) is 0 Å². The molecular formula is C10H22N2O. The Morgan fingerprint density at radius 3 is 2.15 bits per heavy atom. The molecule has 2 atom stereocenters. The number of carbonyl (C=O) groups is 1. The Hall–Kier alpha value is -0.570. The molecule has 0 spiro atoms. The lowest BCUT2D eigenvalue weighted by atomic mass is 10.2. The molecule has 1 fully saturated rings. The molecule has 3 nitrogen and oxygen atoms in total. The summed E-state index contributed by atoms with van der Waals surface area (Å²) < 4.78 is 0.